The number of amides is 1. The van der Waals surface area contributed by atoms with Crippen molar-refractivity contribution in [2.45, 2.75) is 39.7 Å². The topological polar surface area (TPSA) is 79.5 Å². The summed E-state index contributed by atoms with van der Waals surface area (Å²) in [4.78, 5) is 22.7. The summed E-state index contributed by atoms with van der Waals surface area (Å²) in [5, 5.41) is 11.6. The number of aryl methyl sites for hydroxylation is 1. The molecule has 1 unspecified atom stereocenters. The Bertz CT molecular complexity index is 409. The lowest BCUT2D eigenvalue weighted by Gasteiger charge is -2.21. The zero-order chi connectivity index (χ0) is 13.8. The van der Waals surface area contributed by atoms with Crippen LogP contribution in [0.5, 0.6) is 0 Å². The van der Waals surface area contributed by atoms with Gasteiger partial charge in [-0.25, -0.2) is 0 Å². The van der Waals surface area contributed by atoms with Crippen molar-refractivity contribution >= 4 is 11.9 Å². The number of carbonyl (C=O) groups excluding carboxylic acids is 1. The molecule has 1 atom stereocenters. The van der Waals surface area contributed by atoms with Crippen LogP contribution >= 0.6 is 0 Å². The van der Waals surface area contributed by atoms with Crippen LogP contribution in [0.2, 0.25) is 0 Å². The van der Waals surface area contributed by atoms with E-state index in [4.69, 9.17) is 9.52 Å². The van der Waals surface area contributed by atoms with Gasteiger partial charge in [0.15, 0.2) is 0 Å². The second-order valence-electron chi connectivity index (χ2n) is 4.92. The second kappa shape index (κ2) is 5.71. The Morgan fingerprint density at radius 3 is 2.67 bits per heavy atom. The third kappa shape index (κ3) is 3.61. The van der Waals surface area contributed by atoms with Gasteiger partial charge in [-0.3, -0.25) is 9.59 Å². The number of carboxylic acids is 1. The second-order valence-corrected chi connectivity index (χ2v) is 4.92. The monoisotopic (exact) mass is 253 g/mol. The summed E-state index contributed by atoms with van der Waals surface area (Å²) >= 11 is 0. The lowest BCUT2D eigenvalue weighted by Crippen LogP contribution is -2.45. The molecule has 0 aliphatic heterocycles. The highest BCUT2D eigenvalue weighted by atomic mass is 16.4. The van der Waals surface area contributed by atoms with Crippen molar-refractivity contribution in [3.05, 3.63) is 24.2 Å². The van der Waals surface area contributed by atoms with Gasteiger partial charge in [0.05, 0.1) is 6.26 Å². The standard InChI is InChI=1S/C13H19NO4/c1-9(6-7-10-5-4-8-18-10)14-11(15)13(2,3)12(16)17/h4-5,8-9H,6-7H2,1-3H3,(H,14,15)(H,16,17). The maximum atomic E-state index is 11.8. The van der Waals surface area contributed by atoms with E-state index in [1.165, 1.54) is 13.8 Å². The molecule has 0 radical (unpaired) electrons. The molecule has 0 aliphatic rings. The van der Waals surface area contributed by atoms with Crippen LogP contribution < -0.4 is 5.32 Å². The first-order valence-corrected chi connectivity index (χ1v) is 5.90. The van der Waals surface area contributed by atoms with Crippen LogP contribution in [0.15, 0.2) is 22.8 Å². The molecule has 0 fully saturated rings. The van der Waals surface area contributed by atoms with Crippen molar-refractivity contribution in [1.82, 2.24) is 5.32 Å². The minimum absolute atomic E-state index is 0.0961. The van der Waals surface area contributed by atoms with Gasteiger partial charge in [0.25, 0.3) is 0 Å². The van der Waals surface area contributed by atoms with Gasteiger partial charge in [-0.1, -0.05) is 0 Å². The smallest absolute Gasteiger partial charge is 0.318 e. The van der Waals surface area contributed by atoms with Gasteiger partial charge in [0.2, 0.25) is 5.91 Å². The van der Waals surface area contributed by atoms with Gasteiger partial charge in [0.1, 0.15) is 11.2 Å². The number of carboxylic acid groups (broad SMARTS) is 1. The number of aliphatic carboxylic acids is 1. The molecule has 1 aromatic rings. The summed E-state index contributed by atoms with van der Waals surface area (Å²) < 4.78 is 5.19. The number of rotatable bonds is 6. The zero-order valence-corrected chi connectivity index (χ0v) is 10.9. The Balaban J connectivity index is 2.42. The molecule has 5 heteroatoms. The molecule has 2 N–H and O–H groups in total. The molecule has 1 rings (SSSR count). The molecular formula is C13H19NO4. The highest BCUT2D eigenvalue weighted by molar-refractivity contribution is 6.01. The van der Waals surface area contributed by atoms with Crippen molar-refractivity contribution in [3.8, 4) is 0 Å². The number of nitrogens with one attached hydrogen (secondary N) is 1. The molecule has 0 aliphatic carbocycles. The summed E-state index contributed by atoms with van der Waals surface area (Å²) in [5.74, 6) is -0.742. The molecule has 0 bridgehead atoms. The largest absolute Gasteiger partial charge is 0.480 e. The summed E-state index contributed by atoms with van der Waals surface area (Å²) in [5.41, 5.74) is -1.40. The average molecular weight is 253 g/mol. The van der Waals surface area contributed by atoms with Crippen molar-refractivity contribution in [2.75, 3.05) is 0 Å². The third-order valence-corrected chi connectivity index (χ3v) is 2.88. The fraction of sp³-hybridized carbons (Fsp3) is 0.538. The van der Waals surface area contributed by atoms with E-state index in [2.05, 4.69) is 5.32 Å². The summed E-state index contributed by atoms with van der Waals surface area (Å²) in [6.07, 6.45) is 3.02. The molecule has 0 saturated carbocycles. The van der Waals surface area contributed by atoms with Crippen LogP contribution in [0.4, 0.5) is 0 Å². The molecule has 1 heterocycles. The fourth-order valence-corrected chi connectivity index (χ4v) is 1.39. The minimum atomic E-state index is -1.40. The number of hydrogen-bond donors (Lipinski definition) is 2. The molecule has 1 amide bonds. The van der Waals surface area contributed by atoms with Gasteiger partial charge in [-0.05, 0) is 39.3 Å². The first-order chi connectivity index (χ1) is 8.34. The molecule has 0 saturated heterocycles. The van der Waals surface area contributed by atoms with Crippen LogP contribution in [0.1, 0.15) is 33.0 Å². The Labute approximate surface area is 106 Å². The van der Waals surface area contributed by atoms with Crippen molar-refractivity contribution in [2.24, 2.45) is 5.41 Å². The number of carbonyl (C=O) groups is 2. The van der Waals surface area contributed by atoms with Crippen LogP contribution in [0.25, 0.3) is 0 Å². The van der Waals surface area contributed by atoms with Crippen molar-refractivity contribution in [1.29, 1.82) is 0 Å². The van der Waals surface area contributed by atoms with Crippen molar-refractivity contribution < 1.29 is 19.1 Å². The van der Waals surface area contributed by atoms with E-state index in [0.717, 1.165) is 5.76 Å². The zero-order valence-electron chi connectivity index (χ0n) is 10.9. The maximum absolute atomic E-state index is 11.8. The summed E-state index contributed by atoms with van der Waals surface area (Å²) in [6.45, 7) is 4.63. The molecule has 5 nitrogen and oxygen atoms in total. The minimum Gasteiger partial charge on any atom is -0.480 e. The van der Waals surface area contributed by atoms with Gasteiger partial charge in [0, 0.05) is 12.5 Å². The van der Waals surface area contributed by atoms with E-state index in [1.54, 1.807) is 6.26 Å². The molecule has 1 aromatic heterocycles. The first kappa shape index (κ1) is 14.3. The van der Waals surface area contributed by atoms with E-state index in [0.29, 0.717) is 12.8 Å². The lowest BCUT2D eigenvalue weighted by molar-refractivity contribution is -0.153. The highest BCUT2D eigenvalue weighted by Gasteiger charge is 2.36. The van der Waals surface area contributed by atoms with Gasteiger partial charge < -0.3 is 14.8 Å². The molecule has 100 valence electrons. The van der Waals surface area contributed by atoms with Crippen LogP contribution in [-0.4, -0.2) is 23.0 Å². The third-order valence-electron chi connectivity index (χ3n) is 2.88. The SMILES string of the molecule is CC(CCc1ccco1)NC(=O)C(C)(C)C(=O)O. The van der Waals surface area contributed by atoms with Crippen LogP contribution in [0.3, 0.4) is 0 Å². The van der Waals surface area contributed by atoms with Crippen LogP contribution in [0, 0.1) is 5.41 Å². The van der Waals surface area contributed by atoms with Crippen LogP contribution in [-0.2, 0) is 16.0 Å². The first-order valence-electron chi connectivity index (χ1n) is 5.90. The predicted octanol–water partition coefficient (Wildman–Crippen LogP) is 1.83. The van der Waals surface area contributed by atoms with Gasteiger partial charge in [-0.2, -0.15) is 0 Å². The lowest BCUT2D eigenvalue weighted by atomic mass is 9.92. The normalized spacial score (nSPS) is 13.1. The Morgan fingerprint density at radius 1 is 1.50 bits per heavy atom. The predicted molar refractivity (Wildman–Crippen MR) is 66.1 cm³/mol. The van der Waals surface area contributed by atoms with E-state index in [9.17, 15) is 9.59 Å². The van der Waals surface area contributed by atoms with E-state index >= 15 is 0 Å². The van der Waals surface area contributed by atoms with E-state index in [1.807, 2.05) is 19.1 Å². The molecular weight excluding hydrogens is 234 g/mol. The molecule has 0 spiro atoms. The maximum Gasteiger partial charge on any atom is 0.318 e. The summed E-state index contributed by atoms with van der Waals surface area (Å²) in [7, 11) is 0. The summed E-state index contributed by atoms with van der Waals surface area (Å²) in [6, 6.07) is 3.59. The number of hydrogen-bond acceptors (Lipinski definition) is 3. The van der Waals surface area contributed by atoms with Gasteiger partial charge >= 0.3 is 5.97 Å². The van der Waals surface area contributed by atoms with E-state index < -0.39 is 17.3 Å². The Morgan fingerprint density at radius 2 is 2.17 bits per heavy atom. The fourth-order valence-electron chi connectivity index (χ4n) is 1.39. The number of furan rings is 1. The molecule has 18 heavy (non-hydrogen) atoms. The molecule has 0 aromatic carbocycles. The van der Waals surface area contributed by atoms with E-state index in [-0.39, 0.29) is 6.04 Å². The Hall–Kier alpha value is -1.78. The quantitative estimate of drug-likeness (QED) is 0.758. The van der Waals surface area contributed by atoms with Gasteiger partial charge in [-0.15, -0.1) is 0 Å². The van der Waals surface area contributed by atoms with Crippen molar-refractivity contribution in [3.63, 3.8) is 0 Å². The highest BCUT2D eigenvalue weighted by Crippen LogP contribution is 2.16. The average Bonchev–Trinajstić information content (AvgIpc) is 2.78. The Kier molecular flexibility index (Phi) is 4.53.